The molecular formula is C10H13IOS. The second-order valence-electron chi connectivity index (χ2n) is 3.05. The summed E-state index contributed by atoms with van der Waals surface area (Å²) in [6.07, 6.45) is 0. The van der Waals surface area contributed by atoms with Crippen molar-refractivity contribution < 1.29 is 4.74 Å². The quantitative estimate of drug-likeness (QED) is 0.664. The predicted molar refractivity (Wildman–Crippen MR) is 67.7 cm³/mol. The molecule has 72 valence electrons. The molecular weight excluding hydrogens is 295 g/mol. The van der Waals surface area contributed by atoms with Gasteiger partial charge in [0.15, 0.2) is 0 Å². The normalized spacial score (nSPS) is 12.5. The van der Waals surface area contributed by atoms with Gasteiger partial charge in [0.25, 0.3) is 0 Å². The molecule has 0 N–H and O–H groups in total. The molecule has 13 heavy (non-hydrogen) atoms. The third-order valence-corrected chi connectivity index (χ3v) is 3.00. The maximum atomic E-state index is 5.56. The van der Waals surface area contributed by atoms with E-state index in [0.29, 0.717) is 5.92 Å². The fourth-order valence-electron chi connectivity index (χ4n) is 0.822. The topological polar surface area (TPSA) is 9.23 Å². The van der Waals surface area contributed by atoms with Crippen molar-refractivity contribution in [2.45, 2.75) is 6.92 Å². The van der Waals surface area contributed by atoms with E-state index in [-0.39, 0.29) is 0 Å². The van der Waals surface area contributed by atoms with Crippen LogP contribution in [0.15, 0.2) is 24.3 Å². The van der Waals surface area contributed by atoms with Crippen LogP contribution in [0.4, 0.5) is 0 Å². The Hall–Kier alpha value is 0.1000. The minimum atomic E-state index is 0.502. The standard InChI is InChI=1S/C10H13IOS/c1-8(7-13)6-12-10-4-2-9(11)3-5-10/h2-5,8,13H,6-7H2,1H3. The lowest BCUT2D eigenvalue weighted by Crippen LogP contribution is -2.09. The highest BCUT2D eigenvalue weighted by molar-refractivity contribution is 14.1. The van der Waals surface area contributed by atoms with Gasteiger partial charge in [0, 0.05) is 3.57 Å². The first-order valence-corrected chi connectivity index (χ1v) is 5.92. The monoisotopic (exact) mass is 308 g/mol. The number of halogens is 1. The second-order valence-corrected chi connectivity index (χ2v) is 4.66. The number of rotatable bonds is 4. The van der Waals surface area contributed by atoms with Crippen LogP contribution in [-0.4, -0.2) is 12.4 Å². The molecule has 0 amide bonds. The van der Waals surface area contributed by atoms with E-state index in [9.17, 15) is 0 Å². The molecule has 0 spiro atoms. The number of hydrogen-bond donors (Lipinski definition) is 1. The van der Waals surface area contributed by atoms with Gasteiger partial charge >= 0.3 is 0 Å². The third kappa shape index (κ3) is 4.22. The molecule has 1 aromatic carbocycles. The first-order valence-electron chi connectivity index (χ1n) is 4.21. The molecule has 1 atom stereocenters. The Morgan fingerprint density at radius 3 is 2.54 bits per heavy atom. The van der Waals surface area contributed by atoms with E-state index in [0.717, 1.165) is 18.1 Å². The average Bonchev–Trinajstić information content (AvgIpc) is 2.16. The van der Waals surface area contributed by atoms with Crippen molar-refractivity contribution in [1.82, 2.24) is 0 Å². The van der Waals surface area contributed by atoms with Crippen molar-refractivity contribution in [3.63, 3.8) is 0 Å². The highest BCUT2D eigenvalue weighted by Gasteiger charge is 1.99. The summed E-state index contributed by atoms with van der Waals surface area (Å²) in [5.74, 6) is 2.31. The highest BCUT2D eigenvalue weighted by atomic mass is 127. The molecule has 0 heterocycles. The van der Waals surface area contributed by atoms with Gasteiger partial charge < -0.3 is 4.74 Å². The first kappa shape index (κ1) is 11.2. The molecule has 0 aliphatic rings. The molecule has 0 radical (unpaired) electrons. The molecule has 1 aromatic rings. The highest BCUT2D eigenvalue weighted by Crippen LogP contribution is 2.14. The molecule has 0 aromatic heterocycles. The maximum Gasteiger partial charge on any atom is 0.119 e. The summed E-state index contributed by atoms with van der Waals surface area (Å²) in [4.78, 5) is 0. The lowest BCUT2D eigenvalue weighted by Gasteiger charge is -2.10. The van der Waals surface area contributed by atoms with Gasteiger partial charge in [-0.2, -0.15) is 12.6 Å². The maximum absolute atomic E-state index is 5.56. The molecule has 3 heteroatoms. The number of benzene rings is 1. The first-order chi connectivity index (χ1) is 6.22. The van der Waals surface area contributed by atoms with Crippen molar-refractivity contribution in [3.8, 4) is 5.75 Å². The zero-order valence-corrected chi connectivity index (χ0v) is 10.6. The molecule has 0 aliphatic heterocycles. The molecule has 0 aliphatic carbocycles. The fraction of sp³-hybridized carbons (Fsp3) is 0.400. The fourth-order valence-corrected chi connectivity index (χ4v) is 1.29. The number of thiol groups is 1. The van der Waals surface area contributed by atoms with Crippen molar-refractivity contribution in [2.75, 3.05) is 12.4 Å². The van der Waals surface area contributed by atoms with Gasteiger partial charge in [-0.1, -0.05) is 6.92 Å². The van der Waals surface area contributed by atoms with Crippen LogP contribution in [0.2, 0.25) is 0 Å². The van der Waals surface area contributed by atoms with E-state index < -0.39 is 0 Å². The van der Waals surface area contributed by atoms with Gasteiger partial charge in [-0.25, -0.2) is 0 Å². The van der Waals surface area contributed by atoms with Gasteiger partial charge in [-0.05, 0) is 58.5 Å². The molecule has 1 nitrogen and oxygen atoms in total. The van der Waals surface area contributed by atoms with Crippen molar-refractivity contribution in [2.24, 2.45) is 5.92 Å². The Morgan fingerprint density at radius 2 is 2.00 bits per heavy atom. The van der Waals surface area contributed by atoms with Crippen LogP contribution >= 0.6 is 35.2 Å². The molecule has 1 unspecified atom stereocenters. The zero-order chi connectivity index (χ0) is 9.68. The summed E-state index contributed by atoms with van der Waals surface area (Å²) >= 11 is 6.47. The number of ether oxygens (including phenoxy) is 1. The smallest absolute Gasteiger partial charge is 0.119 e. The summed E-state index contributed by atoms with van der Waals surface area (Å²) in [7, 11) is 0. The van der Waals surface area contributed by atoms with Crippen LogP contribution in [0, 0.1) is 9.49 Å². The lowest BCUT2D eigenvalue weighted by atomic mass is 10.2. The van der Waals surface area contributed by atoms with E-state index >= 15 is 0 Å². The van der Waals surface area contributed by atoms with Crippen LogP contribution in [0.5, 0.6) is 5.75 Å². The third-order valence-electron chi connectivity index (χ3n) is 1.66. The van der Waals surface area contributed by atoms with E-state index in [1.54, 1.807) is 0 Å². The summed E-state index contributed by atoms with van der Waals surface area (Å²) in [5.41, 5.74) is 0. The molecule has 0 bridgehead atoms. The second kappa shape index (κ2) is 5.75. The summed E-state index contributed by atoms with van der Waals surface area (Å²) in [6, 6.07) is 8.07. The van der Waals surface area contributed by atoms with Gasteiger partial charge in [-0.15, -0.1) is 0 Å². The van der Waals surface area contributed by atoms with E-state index in [4.69, 9.17) is 4.74 Å². The SMILES string of the molecule is CC(CS)COc1ccc(I)cc1. The molecule has 0 fully saturated rings. The summed E-state index contributed by atoms with van der Waals surface area (Å²) in [5, 5.41) is 0. The Kier molecular flexibility index (Phi) is 4.94. The Bertz CT molecular complexity index is 248. The Balaban J connectivity index is 2.41. The van der Waals surface area contributed by atoms with Crippen molar-refractivity contribution in [3.05, 3.63) is 27.8 Å². The van der Waals surface area contributed by atoms with Crippen LogP contribution in [0.3, 0.4) is 0 Å². The van der Waals surface area contributed by atoms with Crippen LogP contribution in [0.25, 0.3) is 0 Å². The number of hydrogen-bond acceptors (Lipinski definition) is 2. The summed E-state index contributed by atoms with van der Waals surface area (Å²) in [6.45, 7) is 2.86. The minimum Gasteiger partial charge on any atom is -0.493 e. The average molecular weight is 308 g/mol. The lowest BCUT2D eigenvalue weighted by molar-refractivity contribution is 0.273. The van der Waals surface area contributed by atoms with Crippen LogP contribution in [0.1, 0.15) is 6.92 Å². The van der Waals surface area contributed by atoms with E-state index in [2.05, 4.69) is 42.1 Å². The van der Waals surface area contributed by atoms with Gasteiger partial charge in [0.2, 0.25) is 0 Å². The van der Waals surface area contributed by atoms with E-state index in [1.165, 1.54) is 3.57 Å². The zero-order valence-electron chi connectivity index (χ0n) is 7.53. The Morgan fingerprint density at radius 1 is 1.38 bits per heavy atom. The molecule has 1 rings (SSSR count). The van der Waals surface area contributed by atoms with Crippen LogP contribution < -0.4 is 4.74 Å². The summed E-state index contributed by atoms with van der Waals surface area (Å²) < 4.78 is 6.79. The Labute approximate surface area is 98.4 Å². The molecule has 0 saturated heterocycles. The molecule has 0 saturated carbocycles. The minimum absolute atomic E-state index is 0.502. The van der Waals surface area contributed by atoms with Gasteiger partial charge in [0.1, 0.15) is 5.75 Å². The van der Waals surface area contributed by atoms with Crippen molar-refractivity contribution in [1.29, 1.82) is 0 Å². The van der Waals surface area contributed by atoms with Gasteiger partial charge in [-0.3, -0.25) is 0 Å². The van der Waals surface area contributed by atoms with Crippen LogP contribution in [-0.2, 0) is 0 Å². The largest absolute Gasteiger partial charge is 0.493 e. The van der Waals surface area contributed by atoms with Gasteiger partial charge in [0.05, 0.1) is 6.61 Å². The predicted octanol–water partition coefficient (Wildman–Crippen LogP) is 3.24. The van der Waals surface area contributed by atoms with E-state index in [1.807, 2.05) is 24.3 Å². The van der Waals surface area contributed by atoms with Crippen molar-refractivity contribution >= 4 is 35.2 Å².